The molecule has 1 fully saturated rings. The highest BCUT2D eigenvalue weighted by molar-refractivity contribution is 5.94. The Balaban J connectivity index is 1.45. The van der Waals surface area contributed by atoms with Gasteiger partial charge in [-0.05, 0) is 51.0 Å². The Hall–Kier alpha value is -3.23. The first-order valence-corrected chi connectivity index (χ1v) is 10.5. The minimum Gasteiger partial charge on any atom is -0.372 e. The van der Waals surface area contributed by atoms with Crippen molar-refractivity contribution < 1.29 is 9.32 Å². The van der Waals surface area contributed by atoms with Crippen molar-refractivity contribution in [2.45, 2.75) is 39.7 Å². The molecule has 2 aromatic heterocycles. The Bertz CT molecular complexity index is 991. The number of likely N-dealkylation sites (tertiary alicyclic amines) is 1. The zero-order chi connectivity index (χ0) is 21.1. The molecule has 0 aliphatic carbocycles. The first-order chi connectivity index (χ1) is 14.6. The summed E-state index contributed by atoms with van der Waals surface area (Å²) in [4.78, 5) is 21.4. The molecule has 1 aromatic carbocycles. The van der Waals surface area contributed by atoms with E-state index in [0.717, 1.165) is 38.2 Å². The molecule has 0 N–H and O–H groups in total. The summed E-state index contributed by atoms with van der Waals surface area (Å²) in [5.74, 6) is 0.969. The number of hydrogen-bond acceptors (Lipinski definition) is 7. The van der Waals surface area contributed by atoms with Crippen molar-refractivity contribution in [2.24, 2.45) is 0 Å². The number of nitrogens with zero attached hydrogens (tertiary/aromatic N) is 7. The van der Waals surface area contributed by atoms with Crippen LogP contribution in [0.15, 0.2) is 35.0 Å². The molecule has 1 aliphatic heterocycles. The molecule has 1 aliphatic rings. The quantitative estimate of drug-likeness (QED) is 0.618. The van der Waals surface area contributed by atoms with Gasteiger partial charge in [0.05, 0.1) is 12.2 Å². The Morgan fingerprint density at radius 3 is 2.67 bits per heavy atom. The molecule has 3 aromatic rings. The average molecular weight is 409 g/mol. The molecule has 9 nitrogen and oxygen atoms in total. The van der Waals surface area contributed by atoms with Gasteiger partial charge in [0.2, 0.25) is 11.7 Å². The zero-order valence-corrected chi connectivity index (χ0v) is 17.7. The van der Waals surface area contributed by atoms with E-state index in [1.807, 2.05) is 40.0 Å². The first kappa shape index (κ1) is 20.1. The van der Waals surface area contributed by atoms with E-state index in [0.29, 0.717) is 29.5 Å². The maximum Gasteiger partial charge on any atom is 0.253 e. The summed E-state index contributed by atoms with van der Waals surface area (Å²) in [7, 11) is 0. The van der Waals surface area contributed by atoms with Crippen molar-refractivity contribution in [1.82, 2.24) is 30.0 Å². The number of aryl methyl sites for hydroxylation is 1. The predicted octanol–water partition coefficient (Wildman–Crippen LogP) is 2.96. The second-order valence-corrected chi connectivity index (χ2v) is 7.49. The van der Waals surface area contributed by atoms with Gasteiger partial charge in [0.25, 0.3) is 5.91 Å². The van der Waals surface area contributed by atoms with Crippen LogP contribution in [0.5, 0.6) is 0 Å². The predicted molar refractivity (Wildman–Crippen MR) is 112 cm³/mol. The molecular weight excluding hydrogens is 382 g/mol. The van der Waals surface area contributed by atoms with Crippen LogP contribution in [0, 0.1) is 6.92 Å². The lowest BCUT2D eigenvalue weighted by Crippen LogP contribution is -2.40. The van der Waals surface area contributed by atoms with Crippen LogP contribution >= 0.6 is 0 Å². The molecule has 0 bridgehead atoms. The van der Waals surface area contributed by atoms with Gasteiger partial charge in [0.1, 0.15) is 0 Å². The normalized spacial score (nSPS) is 16.6. The molecule has 1 atom stereocenters. The third-order valence-electron chi connectivity index (χ3n) is 5.57. The van der Waals surface area contributed by atoms with E-state index >= 15 is 0 Å². The summed E-state index contributed by atoms with van der Waals surface area (Å²) in [6, 6.07) is 7.97. The molecule has 9 heteroatoms. The topological polar surface area (TPSA) is 93.2 Å². The van der Waals surface area contributed by atoms with E-state index in [4.69, 9.17) is 4.52 Å². The Labute approximate surface area is 175 Å². The lowest BCUT2D eigenvalue weighted by molar-refractivity contribution is 0.0672. The van der Waals surface area contributed by atoms with Gasteiger partial charge >= 0.3 is 0 Å². The first-order valence-electron chi connectivity index (χ1n) is 10.5. The van der Waals surface area contributed by atoms with Gasteiger partial charge in [-0.3, -0.25) is 4.79 Å². The van der Waals surface area contributed by atoms with Gasteiger partial charge in [-0.1, -0.05) is 10.4 Å². The van der Waals surface area contributed by atoms with Crippen LogP contribution in [0.2, 0.25) is 0 Å². The maximum atomic E-state index is 13.1. The standard InChI is InChI=1S/C21H27N7O2/c1-4-26(5-2)17-10-8-16(9-11-17)21(29)27-12-6-7-18(13-27)28-14-19(23-25-28)20-22-15(3)30-24-20/h8-11,14,18H,4-7,12-13H2,1-3H3/t18-/m0/s1. The molecule has 1 saturated heterocycles. The summed E-state index contributed by atoms with van der Waals surface area (Å²) < 4.78 is 6.82. The van der Waals surface area contributed by atoms with Crippen molar-refractivity contribution in [3.63, 3.8) is 0 Å². The van der Waals surface area contributed by atoms with Crippen molar-refractivity contribution >= 4 is 11.6 Å². The Morgan fingerprint density at radius 2 is 2.00 bits per heavy atom. The van der Waals surface area contributed by atoms with Crippen LogP contribution in [-0.2, 0) is 0 Å². The largest absolute Gasteiger partial charge is 0.372 e. The fourth-order valence-electron chi connectivity index (χ4n) is 3.90. The summed E-state index contributed by atoms with van der Waals surface area (Å²) in [6.45, 7) is 9.24. The Kier molecular flexibility index (Phi) is 5.78. The minimum atomic E-state index is 0.0555. The van der Waals surface area contributed by atoms with E-state index in [9.17, 15) is 4.79 Å². The van der Waals surface area contributed by atoms with E-state index < -0.39 is 0 Å². The van der Waals surface area contributed by atoms with Crippen LogP contribution in [0.4, 0.5) is 5.69 Å². The van der Waals surface area contributed by atoms with Crippen LogP contribution < -0.4 is 4.90 Å². The van der Waals surface area contributed by atoms with E-state index in [-0.39, 0.29) is 11.9 Å². The number of piperidine rings is 1. The molecule has 1 amide bonds. The van der Waals surface area contributed by atoms with E-state index in [1.165, 1.54) is 0 Å². The molecule has 0 radical (unpaired) electrons. The van der Waals surface area contributed by atoms with Crippen LogP contribution in [0.25, 0.3) is 11.5 Å². The van der Waals surface area contributed by atoms with Gasteiger partial charge in [-0.15, -0.1) is 5.10 Å². The Morgan fingerprint density at radius 1 is 1.23 bits per heavy atom. The third-order valence-corrected chi connectivity index (χ3v) is 5.57. The van der Waals surface area contributed by atoms with Crippen molar-refractivity contribution in [1.29, 1.82) is 0 Å². The number of benzene rings is 1. The highest BCUT2D eigenvalue weighted by Crippen LogP contribution is 2.24. The fraction of sp³-hybridized carbons (Fsp3) is 0.476. The maximum absolute atomic E-state index is 13.1. The lowest BCUT2D eigenvalue weighted by atomic mass is 10.0. The molecule has 4 rings (SSSR count). The van der Waals surface area contributed by atoms with Crippen LogP contribution in [0.1, 0.15) is 49.0 Å². The van der Waals surface area contributed by atoms with Crippen LogP contribution in [-0.4, -0.2) is 62.1 Å². The zero-order valence-electron chi connectivity index (χ0n) is 17.7. The summed E-state index contributed by atoms with van der Waals surface area (Å²) in [5, 5.41) is 12.3. The SMILES string of the molecule is CCN(CC)c1ccc(C(=O)N2CCC[C@H](n3cc(-c4noc(C)n4)nn3)C2)cc1. The number of amides is 1. The van der Waals surface area contributed by atoms with Gasteiger partial charge in [-0.25, -0.2) is 4.68 Å². The van der Waals surface area contributed by atoms with Gasteiger partial charge in [0.15, 0.2) is 5.69 Å². The summed E-state index contributed by atoms with van der Waals surface area (Å²) in [5.41, 5.74) is 2.43. The number of hydrogen-bond donors (Lipinski definition) is 0. The van der Waals surface area contributed by atoms with Gasteiger partial charge < -0.3 is 14.3 Å². The number of carbonyl (C=O) groups is 1. The van der Waals surface area contributed by atoms with Crippen molar-refractivity contribution in [3.05, 3.63) is 41.9 Å². The smallest absolute Gasteiger partial charge is 0.253 e. The van der Waals surface area contributed by atoms with E-state index in [1.54, 1.807) is 6.92 Å². The van der Waals surface area contributed by atoms with Gasteiger partial charge in [-0.2, -0.15) is 4.98 Å². The molecular formula is C21H27N7O2. The second-order valence-electron chi connectivity index (χ2n) is 7.49. The monoisotopic (exact) mass is 409 g/mol. The minimum absolute atomic E-state index is 0.0555. The molecule has 0 saturated carbocycles. The highest BCUT2D eigenvalue weighted by Gasteiger charge is 2.27. The molecule has 158 valence electrons. The summed E-state index contributed by atoms with van der Waals surface area (Å²) >= 11 is 0. The molecule has 0 unspecified atom stereocenters. The lowest BCUT2D eigenvalue weighted by Gasteiger charge is -2.32. The average Bonchev–Trinajstić information content (AvgIpc) is 3.44. The number of rotatable bonds is 6. The third kappa shape index (κ3) is 4.05. The number of aromatic nitrogens is 5. The highest BCUT2D eigenvalue weighted by atomic mass is 16.5. The molecule has 30 heavy (non-hydrogen) atoms. The van der Waals surface area contributed by atoms with Gasteiger partial charge in [0, 0.05) is 44.4 Å². The summed E-state index contributed by atoms with van der Waals surface area (Å²) in [6.07, 6.45) is 3.69. The van der Waals surface area contributed by atoms with Crippen molar-refractivity contribution in [3.8, 4) is 11.5 Å². The molecule has 0 spiro atoms. The number of carbonyl (C=O) groups excluding carboxylic acids is 1. The van der Waals surface area contributed by atoms with Crippen LogP contribution in [0.3, 0.4) is 0 Å². The second kappa shape index (κ2) is 8.64. The van der Waals surface area contributed by atoms with E-state index in [2.05, 4.69) is 39.2 Å². The van der Waals surface area contributed by atoms with Crippen molar-refractivity contribution in [2.75, 3.05) is 31.1 Å². The number of anilines is 1. The molecule has 3 heterocycles. The fourth-order valence-corrected chi connectivity index (χ4v) is 3.90.